The molecule has 0 saturated heterocycles. The molecule has 0 atom stereocenters. The lowest BCUT2D eigenvalue weighted by atomic mass is 9.94. The summed E-state index contributed by atoms with van der Waals surface area (Å²) < 4.78 is 1.37. The summed E-state index contributed by atoms with van der Waals surface area (Å²) >= 11 is 0. The van der Waals surface area contributed by atoms with Crippen molar-refractivity contribution in [3.8, 4) is 0 Å². The van der Waals surface area contributed by atoms with Crippen molar-refractivity contribution < 1.29 is 4.79 Å². The average Bonchev–Trinajstić information content (AvgIpc) is 2.61. The molecule has 26 heavy (non-hydrogen) atoms. The lowest BCUT2D eigenvalue weighted by Crippen LogP contribution is -2.45. The van der Waals surface area contributed by atoms with E-state index in [0.717, 1.165) is 38.5 Å². The number of hydrogen-bond donors (Lipinski definition) is 2. The van der Waals surface area contributed by atoms with E-state index >= 15 is 0 Å². The molecule has 1 fully saturated rings. The van der Waals surface area contributed by atoms with Crippen LogP contribution in [0.1, 0.15) is 51.9 Å². The van der Waals surface area contributed by atoms with Crippen molar-refractivity contribution in [2.45, 2.75) is 64.5 Å². The molecule has 0 bridgehead atoms. The van der Waals surface area contributed by atoms with Gasteiger partial charge in [-0.25, -0.2) is 4.79 Å². The maximum absolute atomic E-state index is 12.6. The zero-order valence-corrected chi connectivity index (χ0v) is 16.1. The van der Waals surface area contributed by atoms with E-state index in [1.54, 1.807) is 11.9 Å². The van der Waals surface area contributed by atoms with Crippen LogP contribution in [0.3, 0.4) is 0 Å². The number of aromatic nitrogens is 2. The molecule has 0 unspecified atom stereocenters. The molecule has 1 aliphatic carbocycles. The van der Waals surface area contributed by atoms with Crippen LogP contribution in [0.5, 0.6) is 0 Å². The van der Waals surface area contributed by atoms with E-state index in [0.29, 0.717) is 6.54 Å². The van der Waals surface area contributed by atoms with Crippen LogP contribution >= 0.6 is 0 Å². The Hall–Kier alpha value is -2.25. The smallest absolute Gasteiger partial charge is 0.330 e. The van der Waals surface area contributed by atoms with Crippen LogP contribution in [-0.4, -0.2) is 47.0 Å². The molecule has 146 valence electrons. The predicted octanol–water partition coefficient (Wildman–Crippen LogP) is 1.15. The molecule has 1 heterocycles. The summed E-state index contributed by atoms with van der Waals surface area (Å²) in [5.41, 5.74) is 5.20. The molecule has 3 N–H and O–H groups in total. The summed E-state index contributed by atoms with van der Waals surface area (Å²) in [7, 11) is 3.48. The Balaban J connectivity index is 2.17. The Morgan fingerprint density at radius 1 is 1.23 bits per heavy atom. The van der Waals surface area contributed by atoms with E-state index in [9.17, 15) is 14.4 Å². The van der Waals surface area contributed by atoms with Gasteiger partial charge >= 0.3 is 5.69 Å². The highest BCUT2D eigenvalue weighted by molar-refractivity contribution is 5.82. The molecule has 1 aliphatic rings. The zero-order chi connectivity index (χ0) is 19.3. The van der Waals surface area contributed by atoms with Gasteiger partial charge in [0.05, 0.1) is 6.54 Å². The van der Waals surface area contributed by atoms with Gasteiger partial charge in [-0.2, -0.15) is 0 Å². The fraction of sp³-hybridized carbons (Fsp3) is 0.722. The van der Waals surface area contributed by atoms with E-state index in [1.807, 2.05) is 14.0 Å². The largest absolute Gasteiger partial charge is 0.383 e. The van der Waals surface area contributed by atoms with Crippen LogP contribution in [0, 0.1) is 0 Å². The molecular formula is C18H31N5O3. The third-order valence-electron chi connectivity index (χ3n) is 5.22. The molecule has 8 nitrogen and oxygen atoms in total. The Kier molecular flexibility index (Phi) is 6.88. The predicted molar refractivity (Wildman–Crippen MR) is 104 cm³/mol. The number of anilines is 2. The maximum atomic E-state index is 12.6. The Morgan fingerprint density at radius 2 is 1.88 bits per heavy atom. The minimum Gasteiger partial charge on any atom is -0.383 e. The number of likely N-dealkylation sites (N-methyl/N-ethyl adjacent to an activating group) is 2. The summed E-state index contributed by atoms with van der Waals surface area (Å²) in [6, 6.07) is 0.263. The van der Waals surface area contributed by atoms with Crippen molar-refractivity contribution in [3.63, 3.8) is 0 Å². The number of amides is 1. The van der Waals surface area contributed by atoms with Gasteiger partial charge < -0.3 is 15.5 Å². The summed E-state index contributed by atoms with van der Waals surface area (Å²) in [4.78, 5) is 42.5. The lowest BCUT2D eigenvalue weighted by molar-refractivity contribution is -0.131. The highest BCUT2D eigenvalue weighted by Gasteiger charge is 2.24. The first kappa shape index (κ1) is 20.1. The maximum Gasteiger partial charge on any atom is 0.330 e. The lowest BCUT2D eigenvalue weighted by Gasteiger charge is -2.32. The molecule has 1 aromatic rings. The van der Waals surface area contributed by atoms with Crippen LogP contribution in [-0.2, 0) is 11.3 Å². The summed E-state index contributed by atoms with van der Waals surface area (Å²) in [5.74, 6) is 0.0623. The highest BCUT2D eigenvalue weighted by Crippen LogP contribution is 2.22. The van der Waals surface area contributed by atoms with Crippen LogP contribution in [0.25, 0.3) is 0 Å². The molecule has 1 saturated carbocycles. The number of hydrogen-bond acceptors (Lipinski definition) is 5. The van der Waals surface area contributed by atoms with Gasteiger partial charge in [-0.15, -0.1) is 0 Å². The Labute approximate surface area is 154 Å². The molecule has 1 aromatic heterocycles. The number of nitrogens with zero attached hydrogens (tertiary/aromatic N) is 3. The molecule has 1 amide bonds. The van der Waals surface area contributed by atoms with Crippen molar-refractivity contribution in [1.29, 1.82) is 0 Å². The van der Waals surface area contributed by atoms with Crippen molar-refractivity contribution in [1.82, 2.24) is 14.5 Å². The fourth-order valence-electron chi connectivity index (χ4n) is 3.55. The number of aromatic amines is 1. The van der Waals surface area contributed by atoms with E-state index in [-0.39, 0.29) is 30.0 Å². The van der Waals surface area contributed by atoms with Gasteiger partial charge in [-0.3, -0.25) is 19.1 Å². The minimum atomic E-state index is -0.559. The van der Waals surface area contributed by atoms with Gasteiger partial charge in [0.1, 0.15) is 11.5 Å². The number of rotatable bonds is 7. The molecule has 0 aromatic carbocycles. The summed E-state index contributed by atoms with van der Waals surface area (Å²) in [6.07, 6.45) is 7.25. The number of nitrogen functional groups attached to an aromatic ring is 1. The van der Waals surface area contributed by atoms with Crippen LogP contribution < -0.4 is 21.9 Å². The Bertz CT molecular complexity index is 733. The SMILES string of the molecule is CCCCn1c(N)c(N(C)CC(=O)N(C)C2CCCCC2)c(=O)[nH]c1=O. The first-order valence-corrected chi connectivity index (χ1v) is 9.46. The number of carbonyl (C=O) groups excluding carboxylic acids is 1. The zero-order valence-electron chi connectivity index (χ0n) is 16.1. The number of unbranched alkanes of at least 4 members (excludes halogenated alkanes) is 1. The third-order valence-corrected chi connectivity index (χ3v) is 5.22. The van der Waals surface area contributed by atoms with Gasteiger partial charge in [0, 0.05) is 26.7 Å². The van der Waals surface area contributed by atoms with Crippen LogP contribution in [0.4, 0.5) is 11.5 Å². The second kappa shape index (κ2) is 8.91. The van der Waals surface area contributed by atoms with Crippen molar-refractivity contribution >= 4 is 17.4 Å². The van der Waals surface area contributed by atoms with Gasteiger partial charge in [0.15, 0.2) is 0 Å². The second-order valence-electron chi connectivity index (χ2n) is 7.15. The van der Waals surface area contributed by atoms with E-state index in [2.05, 4.69) is 4.98 Å². The van der Waals surface area contributed by atoms with Crippen molar-refractivity contribution in [2.24, 2.45) is 0 Å². The van der Waals surface area contributed by atoms with Crippen LogP contribution in [0.2, 0.25) is 0 Å². The number of nitrogens with two attached hydrogens (primary N) is 1. The summed E-state index contributed by atoms with van der Waals surface area (Å²) in [6.45, 7) is 2.50. The average molecular weight is 365 g/mol. The van der Waals surface area contributed by atoms with Crippen LogP contribution in [0.15, 0.2) is 9.59 Å². The van der Waals surface area contributed by atoms with Gasteiger partial charge in [0.25, 0.3) is 5.56 Å². The normalized spacial score (nSPS) is 15.0. The second-order valence-corrected chi connectivity index (χ2v) is 7.15. The molecule has 0 spiro atoms. The van der Waals surface area contributed by atoms with E-state index in [4.69, 9.17) is 5.73 Å². The molecule has 8 heteroatoms. The first-order chi connectivity index (χ1) is 12.4. The first-order valence-electron chi connectivity index (χ1n) is 9.46. The molecule has 0 radical (unpaired) electrons. The third kappa shape index (κ3) is 4.47. The minimum absolute atomic E-state index is 0.0479. The molecule has 0 aliphatic heterocycles. The topological polar surface area (TPSA) is 104 Å². The fourth-order valence-corrected chi connectivity index (χ4v) is 3.55. The van der Waals surface area contributed by atoms with Crippen molar-refractivity contribution in [3.05, 3.63) is 20.8 Å². The van der Waals surface area contributed by atoms with Gasteiger partial charge in [0.2, 0.25) is 5.91 Å². The Morgan fingerprint density at radius 3 is 2.50 bits per heavy atom. The highest BCUT2D eigenvalue weighted by atomic mass is 16.2. The number of H-pyrrole nitrogens is 1. The number of carbonyl (C=O) groups is 1. The summed E-state index contributed by atoms with van der Waals surface area (Å²) in [5, 5.41) is 0. The molecule has 2 rings (SSSR count). The monoisotopic (exact) mass is 365 g/mol. The van der Waals surface area contributed by atoms with Crippen molar-refractivity contribution in [2.75, 3.05) is 31.3 Å². The van der Waals surface area contributed by atoms with Gasteiger partial charge in [-0.1, -0.05) is 32.6 Å². The molecular weight excluding hydrogens is 334 g/mol. The standard InChI is InChI=1S/C18H31N5O3/c1-4-5-11-23-16(19)15(17(25)20-18(23)26)21(2)12-14(24)22(3)13-9-7-6-8-10-13/h13H,4-12,19H2,1-3H3,(H,20,25,26). The number of nitrogens with one attached hydrogen (secondary N) is 1. The van der Waals surface area contributed by atoms with E-state index in [1.165, 1.54) is 15.9 Å². The van der Waals surface area contributed by atoms with E-state index < -0.39 is 11.2 Å². The van der Waals surface area contributed by atoms with Gasteiger partial charge in [-0.05, 0) is 19.3 Å². The quantitative estimate of drug-likeness (QED) is 0.754.